The van der Waals surface area contributed by atoms with Gasteiger partial charge in [0, 0.05) is 13.6 Å². The number of carboxylic acids is 1. The number of carbonyl (C=O) groups excluding carboxylic acids is 1. The highest BCUT2D eigenvalue weighted by Gasteiger charge is 2.16. The van der Waals surface area contributed by atoms with Gasteiger partial charge in [0.25, 0.3) is 0 Å². The number of carbonyl (C=O) groups is 2. The minimum Gasteiger partial charge on any atom is -0.474 e. The van der Waals surface area contributed by atoms with Crippen LogP contribution in [0.2, 0.25) is 10.0 Å². The number of hydrogen-bond donors (Lipinski definition) is 1. The first kappa shape index (κ1) is 13.8. The van der Waals surface area contributed by atoms with Crippen molar-refractivity contribution in [2.24, 2.45) is 0 Å². The first-order chi connectivity index (χ1) is 7.91. The maximum atomic E-state index is 11.1. The van der Waals surface area contributed by atoms with Crippen molar-refractivity contribution in [2.75, 3.05) is 13.6 Å². The number of hydrogen-bond acceptors (Lipinski definition) is 2. The smallest absolute Gasteiger partial charge is 0.394 e. The van der Waals surface area contributed by atoms with Crippen molar-refractivity contribution in [3.63, 3.8) is 0 Å². The molecule has 1 rings (SSSR count). The molecule has 0 aliphatic heterocycles. The summed E-state index contributed by atoms with van der Waals surface area (Å²) < 4.78 is 0. The Morgan fingerprint density at radius 1 is 1.29 bits per heavy atom. The van der Waals surface area contributed by atoms with Crippen molar-refractivity contribution < 1.29 is 14.7 Å². The van der Waals surface area contributed by atoms with E-state index in [0.717, 1.165) is 10.5 Å². The second-order valence-electron chi connectivity index (χ2n) is 3.53. The fourth-order valence-electron chi connectivity index (χ4n) is 1.26. The number of rotatable bonds is 3. The van der Waals surface area contributed by atoms with E-state index in [4.69, 9.17) is 28.3 Å². The van der Waals surface area contributed by atoms with Crippen molar-refractivity contribution >= 4 is 35.1 Å². The molecule has 0 heterocycles. The van der Waals surface area contributed by atoms with Crippen LogP contribution in [-0.2, 0) is 16.0 Å². The average Bonchev–Trinajstić information content (AvgIpc) is 2.29. The van der Waals surface area contributed by atoms with Crippen LogP contribution in [0, 0.1) is 0 Å². The highest BCUT2D eigenvalue weighted by atomic mass is 35.5. The number of carboxylic acid groups (broad SMARTS) is 1. The maximum absolute atomic E-state index is 11.1. The average molecular weight is 276 g/mol. The van der Waals surface area contributed by atoms with Gasteiger partial charge >= 0.3 is 11.9 Å². The molecular formula is C11H11Cl2NO3. The third kappa shape index (κ3) is 3.91. The molecule has 0 bridgehead atoms. The van der Waals surface area contributed by atoms with Gasteiger partial charge in [0.15, 0.2) is 0 Å². The summed E-state index contributed by atoms with van der Waals surface area (Å²) in [5, 5.41) is 9.40. The lowest BCUT2D eigenvalue weighted by molar-refractivity contribution is -0.155. The first-order valence-electron chi connectivity index (χ1n) is 4.84. The molecule has 0 spiro atoms. The Balaban J connectivity index is 2.58. The zero-order chi connectivity index (χ0) is 13.0. The van der Waals surface area contributed by atoms with Crippen LogP contribution >= 0.6 is 23.2 Å². The van der Waals surface area contributed by atoms with Gasteiger partial charge in [-0.1, -0.05) is 29.3 Å². The van der Waals surface area contributed by atoms with Crippen molar-refractivity contribution in [1.82, 2.24) is 4.90 Å². The number of amides is 1. The fraction of sp³-hybridized carbons (Fsp3) is 0.273. The van der Waals surface area contributed by atoms with Gasteiger partial charge in [-0.3, -0.25) is 4.79 Å². The lowest BCUT2D eigenvalue weighted by atomic mass is 10.1. The minimum absolute atomic E-state index is 0.309. The lowest BCUT2D eigenvalue weighted by Crippen LogP contribution is -2.34. The quantitative estimate of drug-likeness (QED) is 0.860. The van der Waals surface area contributed by atoms with E-state index in [2.05, 4.69) is 0 Å². The summed E-state index contributed by atoms with van der Waals surface area (Å²) >= 11 is 11.6. The van der Waals surface area contributed by atoms with Gasteiger partial charge in [0.1, 0.15) is 0 Å². The van der Waals surface area contributed by atoms with E-state index in [0.29, 0.717) is 23.0 Å². The van der Waals surface area contributed by atoms with Crippen LogP contribution in [0.15, 0.2) is 18.2 Å². The summed E-state index contributed by atoms with van der Waals surface area (Å²) in [7, 11) is 1.44. The van der Waals surface area contributed by atoms with Gasteiger partial charge in [-0.15, -0.1) is 0 Å². The molecule has 0 fully saturated rings. The molecular weight excluding hydrogens is 265 g/mol. The Kier molecular flexibility index (Phi) is 4.78. The molecule has 0 unspecified atom stereocenters. The van der Waals surface area contributed by atoms with E-state index in [9.17, 15) is 9.59 Å². The largest absolute Gasteiger partial charge is 0.474 e. The van der Waals surface area contributed by atoms with Crippen molar-refractivity contribution in [3.05, 3.63) is 33.8 Å². The maximum Gasteiger partial charge on any atom is 0.394 e. The fourth-order valence-corrected chi connectivity index (χ4v) is 1.58. The third-order valence-electron chi connectivity index (χ3n) is 2.25. The zero-order valence-electron chi connectivity index (χ0n) is 9.11. The number of nitrogens with zero attached hydrogens (tertiary/aromatic N) is 1. The van der Waals surface area contributed by atoms with Gasteiger partial charge in [-0.25, -0.2) is 4.79 Å². The second-order valence-corrected chi connectivity index (χ2v) is 4.34. The number of benzene rings is 1. The number of likely N-dealkylation sites (N-methyl/N-ethyl adjacent to an activating group) is 1. The molecule has 0 atom stereocenters. The van der Waals surface area contributed by atoms with Gasteiger partial charge in [0.05, 0.1) is 10.0 Å². The highest BCUT2D eigenvalue weighted by Crippen LogP contribution is 2.22. The molecule has 1 aromatic rings. The first-order valence-corrected chi connectivity index (χ1v) is 5.59. The molecule has 0 saturated carbocycles. The Morgan fingerprint density at radius 3 is 2.47 bits per heavy atom. The van der Waals surface area contributed by atoms with Crippen LogP contribution < -0.4 is 0 Å². The van der Waals surface area contributed by atoms with Gasteiger partial charge in [0.2, 0.25) is 0 Å². The summed E-state index contributed by atoms with van der Waals surface area (Å²) in [6.45, 7) is 0.309. The van der Waals surface area contributed by atoms with Crippen LogP contribution in [0.3, 0.4) is 0 Å². The van der Waals surface area contributed by atoms with Crippen LogP contribution in [-0.4, -0.2) is 35.5 Å². The van der Waals surface area contributed by atoms with Crippen molar-refractivity contribution in [2.45, 2.75) is 6.42 Å². The Bertz CT molecular complexity index is 448. The number of halogens is 2. The molecule has 92 valence electrons. The third-order valence-corrected chi connectivity index (χ3v) is 2.99. The minimum atomic E-state index is -1.46. The van der Waals surface area contributed by atoms with E-state index < -0.39 is 11.9 Å². The molecule has 1 aromatic carbocycles. The van der Waals surface area contributed by atoms with Crippen molar-refractivity contribution in [3.8, 4) is 0 Å². The van der Waals surface area contributed by atoms with E-state index in [-0.39, 0.29) is 0 Å². The summed E-state index contributed by atoms with van der Waals surface area (Å²) in [6.07, 6.45) is 0.520. The zero-order valence-corrected chi connectivity index (χ0v) is 10.6. The molecule has 0 saturated heterocycles. The van der Waals surface area contributed by atoms with E-state index in [1.807, 2.05) is 0 Å². The summed E-state index contributed by atoms with van der Waals surface area (Å²) in [4.78, 5) is 22.6. The van der Waals surface area contributed by atoms with E-state index in [1.165, 1.54) is 7.05 Å². The topological polar surface area (TPSA) is 57.6 Å². The van der Waals surface area contributed by atoms with Crippen molar-refractivity contribution in [1.29, 1.82) is 0 Å². The van der Waals surface area contributed by atoms with E-state index in [1.54, 1.807) is 18.2 Å². The summed E-state index contributed by atoms with van der Waals surface area (Å²) in [5.41, 5.74) is 0.893. The van der Waals surface area contributed by atoms with Crippen LogP contribution in [0.4, 0.5) is 0 Å². The molecule has 1 N–H and O–H groups in total. The Labute approximate surface area is 109 Å². The molecule has 4 nitrogen and oxygen atoms in total. The Morgan fingerprint density at radius 2 is 1.94 bits per heavy atom. The lowest BCUT2D eigenvalue weighted by Gasteiger charge is -2.14. The van der Waals surface area contributed by atoms with Crippen LogP contribution in [0.25, 0.3) is 0 Å². The van der Waals surface area contributed by atoms with E-state index >= 15 is 0 Å². The molecule has 17 heavy (non-hydrogen) atoms. The molecule has 0 aliphatic carbocycles. The van der Waals surface area contributed by atoms with Gasteiger partial charge in [-0.05, 0) is 24.1 Å². The SMILES string of the molecule is CN(CCc1ccc(Cl)c(Cl)c1)C(=O)C(=O)O. The number of aliphatic carboxylic acids is 1. The molecule has 6 heteroatoms. The monoisotopic (exact) mass is 275 g/mol. The van der Waals surface area contributed by atoms with Gasteiger partial charge in [-0.2, -0.15) is 0 Å². The summed E-state index contributed by atoms with van der Waals surface area (Å²) in [6, 6.07) is 5.15. The van der Waals surface area contributed by atoms with Crippen LogP contribution in [0.5, 0.6) is 0 Å². The molecule has 0 radical (unpaired) electrons. The second kappa shape index (κ2) is 5.89. The highest BCUT2D eigenvalue weighted by molar-refractivity contribution is 6.42. The predicted molar refractivity (Wildman–Crippen MR) is 65.4 cm³/mol. The van der Waals surface area contributed by atoms with Gasteiger partial charge < -0.3 is 10.0 Å². The van der Waals surface area contributed by atoms with Crippen LogP contribution in [0.1, 0.15) is 5.56 Å². The predicted octanol–water partition coefficient (Wildman–Crippen LogP) is 2.08. The molecule has 0 aliphatic rings. The molecule has 0 aromatic heterocycles. The molecule has 1 amide bonds. The normalized spacial score (nSPS) is 10.1. The summed E-state index contributed by atoms with van der Waals surface area (Å²) in [5.74, 6) is -2.38. The standard InChI is InChI=1S/C11H11Cl2NO3/c1-14(10(15)11(16)17)5-4-7-2-3-8(12)9(13)6-7/h2-3,6H,4-5H2,1H3,(H,16,17). The Hall–Kier alpha value is -1.26.